The van der Waals surface area contributed by atoms with E-state index in [1.807, 2.05) is 84.9 Å². The zero-order valence-electron chi connectivity index (χ0n) is 17.1. The Morgan fingerprint density at radius 1 is 0.969 bits per heavy atom. The number of nitrogens with two attached hydrogens (primary N) is 1. The number of nitrogens with zero attached hydrogens (tertiary/aromatic N) is 2. The Hall–Kier alpha value is -4.02. The van der Waals surface area contributed by atoms with Crippen molar-refractivity contribution in [3.05, 3.63) is 106 Å². The monoisotopic (exact) mass is 440 g/mol. The lowest BCUT2D eigenvalue weighted by Crippen LogP contribution is -2.14. The summed E-state index contributed by atoms with van der Waals surface area (Å²) in [6.07, 6.45) is 0. The molecule has 4 rings (SSSR count). The van der Waals surface area contributed by atoms with Crippen LogP contribution in [0, 0.1) is 11.3 Å². The molecule has 0 saturated heterocycles. The summed E-state index contributed by atoms with van der Waals surface area (Å²) < 4.78 is 5.77. The highest BCUT2D eigenvalue weighted by Gasteiger charge is 2.14. The third-order valence-electron chi connectivity index (χ3n) is 4.74. The van der Waals surface area contributed by atoms with E-state index >= 15 is 0 Å². The van der Waals surface area contributed by atoms with Crippen LogP contribution in [0.2, 0.25) is 0 Å². The van der Waals surface area contributed by atoms with Gasteiger partial charge >= 0.3 is 0 Å². The maximum absolute atomic E-state index is 12.5. The minimum atomic E-state index is -0.450. The van der Waals surface area contributed by atoms with Crippen molar-refractivity contribution in [2.45, 2.75) is 17.5 Å². The second kappa shape index (κ2) is 9.86. The molecule has 0 saturated carbocycles. The van der Waals surface area contributed by atoms with Gasteiger partial charge in [0.1, 0.15) is 24.0 Å². The van der Waals surface area contributed by atoms with E-state index in [0.29, 0.717) is 34.5 Å². The smallest absolute Gasteiger partial charge is 0.270 e. The zero-order valence-corrected chi connectivity index (χ0v) is 17.9. The zero-order chi connectivity index (χ0) is 22.3. The van der Waals surface area contributed by atoms with Crippen molar-refractivity contribution < 1.29 is 4.74 Å². The molecule has 0 aliphatic carbocycles. The molecule has 0 fully saturated rings. The fourth-order valence-electron chi connectivity index (χ4n) is 3.04. The summed E-state index contributed by atoms with van der Waals surface area (Å²) in [7, 11) is 0. The number of rotatable bonds is 7. The predicted molar refractivity (Wildman–Crippen MR) is 126 cm³/mol. The van der Waals surface area contributed by atoms with Gasteiger partial charge in [-0.2, -0.15) is 5.26 Å². The molecule has 0 spiro atoms. The van der Waals surface area contributed by atoms with Crippen molar-refractivity contribution in [2.75, 3.05) is 5.73 Å². The average molecular weight is 441 g/mol. The van der Waals surface area contributed by atoms with Gasteiger partial charge in [0.25, 0.3) is 5.56 Å². The van der Waals surface area contributed by atoms with Crippen LogP contribution in [0.15, 0.2) is 88.8 Å². The van der Waals surface area contributed by atoms with Crippen LogP contribution in [0.1, 0.15) is 16.7 Å². The number of nitrogens with one attached hydrogen (secondary N) is 1. The van der Waals surface area contributed by atoms with E-state index in [2.05, 4.69) is 9.97 Å². The highest BCUT2D eigenvalue weighted by Crippen LogP contribution is 2.25. The summed E-state index contributed by atoms with van der Waals surface area (Å²) in [6, 6.07) is 26.6. The van der Waals surface area contributed by atoms with E-state index in [0.717, 1.165) is 16.9 Å². The molecule has 3 N–H and O–H groups in total. The molecular formula is C25H20N4O2S. The standard InChI is InChI=1S/C25H20N4O2S/c26-14-22-23(19-10-6-17(7-11-19)15-31-21-4-2-1-3-5-21)28-25(29-24(22)30)32-16-18-8-12-20(27)13-9-18/h1-13H,15-16,27H2,(H,28,29,30). The van der Waals surface area contributed by atoms with E-state index in [1.54, 1.807) is 0 Å². The van der Waals surface area contributed by atoms with E-state index in [9.17, 15) is 10.1 Å². The number of H-pyrrole nitrogens is 1. The quantitative estimate of drug-likeness (QED) is 0.244. The van der Waals surface area contributed by atoms with Gasteiger partial charge < -0.3 is 15.5 Å². The minimum absolute atomic E-state index is 0.00452. The molecule has 158 valence electrons. The van der Waals surface area contributed by atoms with Crippen LogP contribution >= 0.6 is 11.8 Å². The average Bonchev–Trinajstić information content (AvgIpc) is 2.83. The molecule has 0 amide bonds. The first-order valence-electron chi connectivity index (χ1n) is 9.91. The first-order chi connectivity index (χ1) is 15.6. The number of nitriles is 1. The molecule has 0 atom stereocenters. The maximum Gasteiger partial charge on any atom is 0.270 e. The number of anilines is 1. The topological polar surface area (TPSA) is 105 Å². The van der Waals surface area contributed by atoms with Crippen LogP contribution in [0.5, 0.6) is 5.75 Å². The van der Waals surface area contributed by atoms with Gasteiger partial charge in [0.2, 0.25) is 0 Å². The van der Waals surface area contributed by atoms with Crippen molar-refractivity contribution >= 4 is 17.4 Å². The number of ether oxygens (including phenoxy) is 1. The Morgan fingerprint density at radius 2 is 1.66 bits per heavy atom. The Balaban J connectivity index is 1.53. The molecule has 0 bridgehead atoms. The Bertz CT molecular complexity index is 1300. The SMILES string of the molecule is N#Cc1c(-c2ccc(COc3ccccc3)cc2)nc(SCc2ccc(N)cc2)[nH]c1=O. The van der Waals surface area contributed by atoms with Crippen molar-refractivity contribution in [2.24, 2.45) is 0 Å². The number of aromatic nitrogens is 2. The van der Waals surface area contributed by atoms with Crippen LogP contribution in [-0.2, 0) is 12.4 Å². The fraction of sp³-hybridized carbons (Fsp3) is 0.0800. The fourth-order valence-corrected chi connectivity index (χ4v) is 3.86. The largest absolute Gasteiger partial charge is 0.489 e. The van der Waals surface area contributed by atoms with E-state index in [4.69, 9.17) is 10.5 Å². The van der Waals surface area contributed by atoms with Crippen LogP contribution in [-0.4, -0.2) is 9.97 Å². The highest BCUT2D eigenvalue weighted by molar-refractivity contribution is 7.98. The number of benzene rings is 3. The number of aromatic amines is 1. The predicted octanol–water partition coefficient (Wildman–Crippen LogP) is 4.76. The summed E-state index contributed by atoms with van der Waals surface area (Å²) in [4.78, 5) is 19.7. The molecule has 0 aliphatic heterocycles. The Morgan fingerprint density at radius 3 is 2.34 bits per heavy atom. The van der Waals surface area contributed by atoms with Crippen molar-refractivity contribution in [1.29, 1.82) is 5.26 Å². The molecule has 1 aromatic heterocycles. The Labute approximate surface area is 189 Å². The lowest BCUT2D eigenvalue weighted by atomic mass is 10.1. The van der Waals surface area contributed by atoms with Gasteiger partial charge in [-0.15, -0.1) is 0 Å². The maximum atomic E-state index is 12.5. The highest BCUT2D eigenvalue weighted by atomic mass is 32.2. The van der Waals surface area contributed by atoms with Gasteiger partial charge in [0.15, 0.2) is 5.16 Å². The molecule has 0 aliphatic rings. The summed E-state index contributed by atoms with van der Waals surface area (Å²) in [5.41, 5.74) is 9.06. The first kappa shape index (κ1) is 21.2. The van der Waals surface area contributed by atoms with Crippen molar-refractivity contribution in [3.63, 3.8) is 0 Å². The Kier molecular flexibility index (Phi) is 6.54. The van der Waals surface area contributed by atoms with Gasteiger partial charge in [-0.25, -0.2) is 4.98 Å². The van der Waals surface area contributed by atoms with Crippen molar-refractivity contribution in [1.82, 2.24) is 9.97 Å². The molecule has 4 aromatic rings. The number of thioether (sulfide) groups is 1. The summed E-state index contributed by atoms with van der Waals surface area (Å²) in [6.45, 7) is 0.418. The second-order valence-corrected chi connectivity index (χ2v) is 8.00. The lowest BCUT2D eigenvalue weighted by Gasteiger charge is -2.09. The van der Waals surface area contributed by atoms with Gasteiger partial charge in [-0.1, -0.05) is 66.4 Å². The third-order valence-corrected chi connectivity index (χ3v) is 5.69. The van der Waals surface area contributed by atoms with Crippen molar-refractivity contribution in [3.8, 4) is 23.1 Å². The number of para-hydroxylation sites is 1. The molecule has 7 heteroatoms. The molecule has 1 heterocycles. The van der Waals surface area contributed by atoms with Crippen LogP contribution in [0.25, 0.3) is 11.3 Å². The summed E-state index contributed by atoms with van der Waals surface area (Å²) >= 11 is 1.39. The van der Waals surface area contributed by atoms with E-state index < -0.39 is 5.56 Å². The van der Waals surface area contributed by atoms with E-state index in [-0.39, 0.29) is 5.56 Å². The molecule has 32 heavy (non-hydrogen) atoms. The van der Waals surface area contributed by atoms with Crippen LogP contribution in [0.3, 0.4) is 0 Å². The number of hydrogen-bond acceptors (Lipinski definition) is 6. The lowest BCUT2D eigenvalue weighted by molar-refractivity contribution is 0.306. The van der Waals surface area contributed by atoms with Gasteiger partial charge in [-0.05, 0) is 35.4 Å². The number of hydrogen-bond donors (Lipinski definition) is 2. The van der Waals surface area contributed by atoms with Crippen LogP contribution in [0.4, 0.5) is 5.69 Å². The summed E-state index contributed by atoms with van der Waals surface area (Å²) in [5, 5.41) is 9.96. The van der Waals surface area contributed by atoms with E-state index in [1.165, 1.54) is 11.8 Å². The normalized spacial score (nSPS) is 10.5. The second-order valence-electron chi connectivity index (χ2n) is 7.04. The van der Waals surface area contributed by atoms with Gasteiger partial charge in [-0.3, -0.25) is 4.79 Å². The van der Waals surface area contributed by atoms with Gasteiger partial charge in [0, 0.05) is 17.0 Å². The molecule has 3 aromatic carbocycles. The molecule has 6 nitrogen and oxygen atoms in total. The minimum Gasteiger partial charge on any atom is -0.489 e. The van der Waals surface area contributed by atoms with Gasteiger partial charge in [0.05, 0.1) is 5.69 Å². The third kappa shape index (κ3) is 5.17. The molecule has 0 radical (unpaired) electrons. The van der Waals surface area contributed by atoms with Crippen LogP contribution < -0.4 is 16.0 Å². The molecule has 0 unspecified atom stereocenters. The summed E-state index contributed by atoms with van der Waals surface area (Å²) in [5.74, 6) is 1.41. The number of nitrogen functional groups attached to an aromatic ring is 1. The first-order valence-corrected chi connectivity index (χ1v) is 10.9. The molecular weight excluding hydrogens is 420 g/mol.